The number of nitrogens with one attached hydrogen (secondary N) is 2. The number of hydrogen-bond acceptors (Lipinski definition) is 4. The number of urea groups is 1. The topological polar surface area (TPSA) is 70.2 Å². The number of carbonyl (C=O) groups excluding carboxylic acids is 1. The van der Waals surface area contributed by atoms with E-state index in [0.717, 1.165) is 5.56 Å². The predicted molar refractivity (Wildman–Crippen MR) is 86.9 cm³/mol. The van der Waals surface area contributed by atoms with Crippen molar-refractivity contribution in [2.45, 2.75) is 6.04 Å². The average molecular weight is 320 g/mol. The van der Waals surface area contributed by atoms with E-state index in [1.54, 1.807) is 6.20 Å². The van der Waals surface area contributed by atoms with Gasteiger partial charge in [0.05, 0.1) is 12.2 Å². The van der Waals surface area contributed by atoms with Crippen LogP contribution in [0.2, 0.25) is 5.02 Å². The van der Waals surface area contributed by atoms with Gasteiger partial charge in [-0.15, -0.1) is 0 Å². The van der Waals surface area contributed by atoms with Crippen molar-refractivity contribution in [3.05, 3.63) is 53.4 Å². The first kappa shape index (κ1) is 16.2. The molecule has 6 nitrogen and oxygen atoms in total. The van der Waals surface area contributed by atoms with E-state index in [9.17, 15) is 4.79 Å². The van der Waals surface area contributed by atoms with Crippen LogP contribution < -0.4 is 10.6 Å². The summed E-state index contributed by atoms with van der Waals surface area (Å²) in [5.74, 6) is 0.410. The van der Waals surface area contributed by atoms with Crippen molar-refractivity contribution >= 4 is 23.4 Å². The molecule has 2 rings (SSSR count). The van der Waals surface area contributed by atoms with E-state index in [0.29, 0.717) is 17.4 Å². The first-order valence-electron chi connectivity index (χ1n) is 6.79. The van der Waals surface area contributed by atoms with E-state index in [1.165, 1.54) is 12.4 Å². The fourth-order valence-electron chi connectivity index (χ4n) is 2.00. The number of carbonyl (C=O) groups is 1. The molecule has 0 spiro atoms. The summed E-state index contributed by atoms with van der Waals surface area (Å²) in [5, 5.41) is 6.16. The highest BCUT2D eigenvalue weighted by molar-refractivity contribution is 6.30. The molecule has 116 valence electrons. The molecule has 0 aliphatic heterocycles. The third-order valence-corrected chi connectivity index (χ3v) is 3.39. The van der Waals surface area contributed by atoms with E-state index in [-0.39, 0.29) is 12.1 Å². The first-order chi connectivity index (χ1) is 10.6. The molecule has 0 saturated heterocycles. The van der Waals surface area contributed by atoms with Gasteiger partial charge in [0.1, 0.15) is 0 Å². The molecule has 22 heavy (non-hydrogen) atoms. The Kier molecular flexibility index (Phi) is 5.68. The van der Waals surface area contributed by atoms with Crippen molar-refractivity contribution in [1.82, 2.24) is 20.2 Å². The zero-order valence-corrected chi connectivity index (χ0v) is 13.2. The Balaban J connectivity index is 1.94. The highest BCUT2D eigenvalue weighted by Gasteiger charge is 2.15. The average Bonchev–Trinajstić information content (AvgIpc) is 2.50. The number of benzene rings is 1. The van der Waals surface area contributed by atoms with E-state index >= 15 is 0 Å². The van der Waals surface area contributed by atoms with E-state index in [1.807, 2.05) is 43.3 Å². The Morgan fingerprint density at radius 1 is 1.27 bits per heavy atom. The standard InChI is InChI=1S/C15H18ClN5O/c1-21(2)13(11-3-5-12(16)6-4-11)9-19-15(22)20-14-10-17-7-8-18-14/h3-8,10,13H,9H2,1-2H3,(H2,18,19,20,22). The van der Waals surface area contributed by atoms with Crippen LogP contribution in [0.15, 0.2) is 42.9 Å². The SMILES string of the molecule is CN(C)C(CNC(=O)Nc1cnccn1)c1ccc(Cl)cc1. The summed E-state index contributed by atoms with van der Waals surface area (Å²) in [6.07, 6.45) is 4.56. The molecule has 0 aliphatic rings. The third-order valence-electron chi connectivity index (χ3n) is 3.14. The summed E-state index contributed by atoms with van der Waals surface area (Å²) >= 11 is 5.91. The highest BCUT2D eigenvalue weighted by Crippen LogP contribution is 2.19. The Bertz CT molecular complexity index is 603. The number of likely N-dealkylation sites (N-methyl/N-ethyl adjacent to an activating group) is 1. The lowest BCUT2D eigenvalue weighted by atomic mass is 10.1. The first-order valence-corrected chi connectivity index (χ1v) is 7.17. The van der Waals surface area contributed by atoms with Crippen molar-refractivity contribution in [2.24, 2.45) is 0 Å². The van der Waals surface area contributed by atoms with Gasteiger partial charge in [-0.1, -0.05) is 23.7 Å². The van der Waals surface area contributed by atoms with Crippen LogP contribution in [0.5, 0.6) is 0 Å². The molecule has 0 aliphatic carbocycles. The molecule has 1 atom stereocenters. The van der Waals surface area contributed by atoms with Crippen LogP contribution in [0.25, 0.3) is 0 Å². The molecule has 0 radical (unpaired) electrons. The summed E-state index contributed by atoms with van der Waals surface area (Å²) in [6, 6.07) is 7.32. The molecular weight excluding hydrogens is 302 g/mol. The number of nitrogens with zero attached hydrogens (tertiary/aromatic N) is 3. The van der Waals surface area contributed by atoms with E-state index < -0.39 is 0 Å². The summed E-state index contributed by atoms with van der Waals surface area (Å²) < 4.78 is 0. The smallest absolute Gasteiger partial charge is 0.320 e. The second kappa shape index (κ2) is 7.72. The summed E-state index contributed by atoms with van der Waals surface area (Å²) in [5.41, 5.74) is 1.08. The maximum Gasteiger partial charge on any atom is 0.320 e. The predicted octanol–water partition coefficient (Wildman–Crippen LogP) is 2.55. The number of aromatic nitrogens is 2. The molecule has 7 heteroatoms. The molecule has 2 N–H and O–H groups in total. The largest absolute Gasteiger partial charge is 0.336 e. The van der Waals surface area contributed by atoms with Crippen molar-refractivity contribution < 1.29 is 4.79 Å². The minimum Gasteiger partial charge on any atom is -0.336 e. The van der Waals surface area contributed by atoms with Crippen LogP contribution in [0.3, 0.4) is 0 Å². The molecule has 1 heterocycles. The molecule has 1 aromatic heterocycles. The lowest BCUT2D eigenvalue weighted by Gasteiger charge is -2.25. The van der Waals surface area contributed by atoms with Gasteiger partial charge in [-0.2, -0.15) is 0 Å². The van der Waals surface area contributed by atoms with Crippen molar-refractivity contribution in [3.63, 3.8) is 0 Å². The molecule has 0 saturated carbocycles. The van der Waals surface area contributed by atoms with Crippen LogP contribution in [0, 0.1) is 0 Å². The molecule has 1 unspecified atom stereocenters. The maximum atomic E-state index is 11.9. The maximum absolute atomic E-state index is 11.9. The monoisotopic (exact) mass is 319 g/mol. The van der Waals surface area contributed by atoms with E-state index in [2.05, 4.69) is 20.6 Å². The fraction of sp³-hybridized carbons (Fsp3) is 0.267. The van der Waals surface area contributed by atoms with Gasteiger partial charge >= 0.3 is 6.03 Å². The quantitative estimate of drug-likeness (QED) is 0.888. The second-order valence-corrected chi connectivity index (χ2v) is 5.39. The van der Waals surface area contributed by atoms with Crippen LogP contribution in [0.1, 0.15) is 11.6 Å². The Labute approximate surface area is 134 Å². The second-order valence-electron chi connectivity index (χ2n) is 4.96. The highest BCUT2D eigenvalue weighted by atomic mass is 35.5. The molecule has 1 aromatic carbocycles. The normalized spacial score (nSPS) is 12.0. The van der Waals surface area contributed by atoms with Crippen molar-refractivity contribution in [3.8, 4) is 0 Å². The van der Waals surface area contributed by atoms with Crippen LogP contribution in [0.4, 0.5) is 10.6 Å². The Hall–Kier alpha value is -2.18. The molecule has 0 fully saturated rings. The minimum absolute atomic E-state index is 0.0462. The van der Waals surface area contributed by atoms with Gasteiger partial charge in [-0.3, -0.25) is 10.3 Å². The van der Waals surface area contributed by atoms with Crippen LogP contribution >= 0.6 is 11.6 Å². The lowest BCUT2D eigenvalue weighted by Crippen LogP contribution is -2.37. The molecular formula is C15H18ClN5O. The van der Waals surface area contributed by atoms with Crippen LogP contribution in [-0.4, -0.2) is 41.5 Å². The van der Waals surface area contributed by atoms with Crippen molar-refractivity contribution in [2.75, 3.05) is 26.0 Å². The number of hydrogen-bond donors (Lipinski definition) is 2. The van der Waals surface area contributed by atoms with E-state index in [4.69, 9.17) is 11.6 Å². The van der Waals surface area contributed by atoms with Crippen molar-refractivity contribution in [1.29, 1.82) is 0 Å². The zero-order chi connectivity index (χ0) is 15.9. The molecule has 2 aromatic rings. The van der Waals surface area contributed by atoms with Gasteiger partial charge in [0, 0.05) is 24.0 Å². The Morgan fingerprint density at radius 2 is 2.00 bits per heavy atom. The third kappa shape index (κ3) is 4.68. The fourth-order valence-corrected chi connectivity index (χ4v) is 2.12. The van der Waals surface area contributed by atoms with Gasteiger partial charge in [0.25, 0.3) is 0 Å². The lowest BCUT2D eigenvalue weighted by molar-refractivity contribution is 0.243. The van der Waals surface area contributed by atoms with Crippen LogP contribution in [-0.2, 0) is 0 Å². The number of rotatable bonds is 5. The van der Waals surface area contributed by atoms with Gasteiger partial charge in [-0.25, -0.2) is 9.78 Å². The summed E-state index contributed by atoms with van der Waals surface area (Å²) in [4.78, 5) is 21.8. The summed E-state index contributed by atoms with van der Waals surface area (Å²) in [6.45, 7) is 0.459. The number of anilines is 1. The number of halogens is 1. The van der Waals surface area contributed by atoms with Gasteiger partial charge in [0.2, 0.25) is 0 Å². The number of amides is 2. The summed E-state index contributed by atoms with van der Waals surface area (Å²) in [7, 11) is 3.92. The zero-order valence-electron chi connectivity index (χ0n) is 12.5. The Morgan fingerprint density at radius 3 is 2.59 bits per heavy atom. The molecule has 2 amide bonds. The van der Waals surface area contributed by atoms with Gasteiger partial charge in [-0.05, 0) is 31.8 Å². The molecule has 0 bridgehead atoms. The van der Waals surface area contributed by atoms with Gasteiger partial charge in [0.15, 0.2) is 5.82 Å². The van der Waals surface area contributed by atoms with Gasteiger partial charge < -0.3 is 10.2 Å². The minimum atomic E-state index is -0.318.